The first-order chi connectivity index (χ1) is 18.3. The van der Waals surface area contributed by atoms with Gasteiger partial charge in [-0.2, -0.15) is 9.61 Å². The lowest BCUT2D eigenvalue weighted by Crippen LogP contribution is -2.38. The van der Waals surface area contributed by atoms with Gasteiger partial charge in [-0.3, -0.25) is 0 Å². The van der Waals surface area contributed by atoms with E-state index in [1.165, 1.54) is 6.26 Å². The largest absolute Gasteiger partial charge is 0.445 e. The number of anilines is 2. The molecule has 0 unspecified atom stereocenters. The average molecular weight is 531 g/mol. The number of hydrogen-bond donors (Lipinski definition) is 1. The molecule has 3 heterocycles. The summed E-state index contributed by atoms with van der Waals surface area (Å²) in [5, 5.41) is 7.92. The van der Waals surface area contributed by atoms with Crippen LogP contribution in [-0.4, -0.2) is 60.6 Å². The maximum atomic E-state index is 12.6. The van der Waals surface area contributed by atoms with Crippen LogP contribution in [0.2, 0.25) is 6.82 Å². The Morgan fingerprint density at radius 1 is 1.11 bits per heavy atom. The van der Waals surface area contributed by atoms with E-state index in [0.717, 1.165) is 54.0 Å². The van der Waals surface area contributed by atoms with Crippen molar-refractivity contribution in [2.75, 3.05) is 24.7 Å². The van der Waals surface area contributed by atoms with E-state index in [1.807, 2.05) is 42.6 Å². The number of fused-ring (bicyclic) bond motifs is 1. The Morgan fingerprint density at radius 3 is 2.47 bits per heavy atom. The number of amides is 1. The highest BCUT2D eigenvalue weighted by atomic mass is 32.2. The van der Waals surface area contributed by atoms with Gasteiger partial charge in [0.15, 0.2) is 22.8 Å². The summed E-state index contributed by atoms with van der Waals surface area (Å²) in [6.07, 6.45) is 4.29. The summed E-state index contributed by atoms with van der Waals surface area (Å²) >= 11 is 0. The third-order valence-electron chi connectivity index (χ3n) is 6.88. The zero-order valence-corrected chi connectivity index (χ0v) is 22.3. The number of carbonyl (C=O) groups is 1. The van der Waals surface area contributed by atoms with Gasteiger partial charge < -0.3 is 15.0 Å². The first kappa shape index (κ1) is 25.8. The Morgan fingerprint density at radius 2 is 1.82 bits per heavy atom. The van der Waals surface area contributed by atoms with Gasteiger partial charge in [-0.1, -0.05) is 37.2 Å². The topological polar surface area (TPSA) is 106 Å². The van der Waals surface area contributed by atoms with Crippen LogP contribution < -0.4 is 10.8 Å². The molecule has 0 atom stereocenters. The van der Waals surface area contributed by atoms with E-state index in [4.69, 9.17) is 9.72 Å². The highest BCUT2D eigenvalue weighted by Gasteiger charge is 2.27. The van der Waals surface area contributed by atoms with Gasteiger partial charge in [-0.25, -0.2) is 18.2 Å². The Bertz CT molecular complexity index is 1530. The minimum absolute atomic E-state index is 0.186. The Hall–Kier alpha value is -3.86. The van der Waals surface area contributed by atoms with Gasteiger partial charge >= 0.3 is 6.09 Å². The molecule has 196 valence electrons. The fraction of sp³-hybridized carbons (Fsp3) is 0.296. The van der Waals surface area contributed by atoms with Gasteiger partial charge in [-0.15, -0.1) is 0 Å². The molecule has 4 aromatic rings. The van der Waals surface area contributed by atoms with E-state index in [9.17, 15) is 13.2 Å². The van der Waals surface area contributed by atoms with Crippen LogP contribution in [0.15, 0.2) is 71.8 Å². The van der Waals surface area contributed by atoms with Gasteiger partial charge in [0.2, 0.25) is 0 Å². The molecule has 1 saturated heterocycles. The number of nitrogens with zero attached hydrogens (tertiary/aromatic N) is 4. The Kier molecular flexibility index (Phi) is 7.37. The first-order valence-electron chi connectivity index (χ1n) is 12.7. The highest BCUT2D eigenvalue weighted by molar-refractivity contribution is 7.90. The maximum absolute atomic E-state index is 12.6. The lowest BCUT2D eigenvalue weighted by molar-refractivity contribution is 0.0868. The number of hydrogen-bond acceptors (Lipinski definition) is 7. The molecule has 0 radical (unpaired) electrons. The molecule has 5 rings (SSSR count). The summed E-state index contributed by atoms with van der Waals surface area (Å²) in [6.45, 7) is 3.53. The predicted octanol–water partition coefficient (Wildman–Crippen LogP) is 3.50. The standard InChI is InChI=1S/C27H30BN5O4S/c1-28-23-17-29-33-25(30-21-8-10-22(11-9-21)38(2,35)36)16-24(31-26(23)33)20-12-14-32(15-13-20)27(34)37-18-19-6-4-3-5-7-19/h3-11,16-17,20,28,30H,12-15,18H2,1-2H3. The predicted molar refractivity (Wildman–Crippen MR) is 149 cm³/mol. The number of benzene rings is 2. The smallest absolute Gasteiger partial charge is 0.410 e. The van der Waals surface area contributed by atoms with Crippen LogP contribution in [0.5, 0.6) is 0 Å². The number of piperidine rings is 1. The lowest BCUT2D eigenvalue weighted by Gasteiger charge is -2.31. The van der Waals surface area contributed by atoms with Crippen molar-refractivity contribution < 1.29 is 17.9 Å². The first-order valence-corrected chi connectivity index (χ1v) is 14.6. The Labute approximate surface area is 223 Å². The molecular weight excluding hydrogens is 501 g/mol. The molecule has 38 heavy (non-hydrogen) atoms. The molecule has 0 bridgehead atoms. The van der Waals surface area contributed by atoms with Crippen molar-refractivity contribution in [1.82, 2.24) is 19.5 Å². The SMILES string of the molecule is CBc1cnn2c(Nc3ccc(S(C)(=O)=O)cc3)cc(C3CCN(C(=O)OCc4ccccc4)CC3)nc12. The van der Waals surface area contributed by atoms with Gasteiger partial charge in [0.25, 0.3) is 0 Å². The monoisotopic (exact) mass is 531 g/mol. The molecule has 1 fully saturated rings. The van der Waals surface area contributed by atoms with Crippen LogP contribution >= 0.6 is 0 Å². The number of likely N-dealkylation sites (tertiary alicyclic amines) is 1. The molecule has 0 spiro atoms. The summed E-state index contributed by atoms with van der Waals surface area (Å²) in [7, 11) is -2.47. The molecule has 9 nitrogen and oxygen atoms in total. The van der Waals surface area contributed by atoms with Gasteiger partial charge in [0, 0.05) is 48.9 Å². The molecule has 1 aliphatic rings. The maximum Gasteiger partial charge on any atom is 0.410 e. The number of carbonyl (C=O) groups excluding carboxylic acids is 1. The molecule has 2 aromatic heterocycles. The van der Waals surface area contributed by atoms with Crippen molar-refractivity contribution in [3.05, 3.63) is 78.1 Å². The number of rotatable bonds is 7. The molecule has 1 aliphatic heterocycles. The molecular formula is C27H30BN5O4S. The van der Waals surface area contributed by atoms with Crippen LogP contribution in [0.3, 0.4) is 0 Å². The van der Waals surface area contributed by atoms with Crippen molar-refractivity contribution in [1.29, 1.82) is 0 Å². The normalized spacial score (nSPS) is 14.4. The van der Waals surface area contributed by atoms with E-state index in [1.54, 1.807) is 33.7 Å². The number of sulfone groups is 1. The molecule has 1 amide bonds. The zero-order valence-electron chi connectivity index (χ0n) is 21.5. The minimum atomic E-state index is -3.27. The van der Waals surface area contributed by atoms with Crippen LogP contribution in [0, 0.1) is 0 Å². The Balaban J connectivity index is 1.32. The summed E-state index contributed by atoms with van der Waals surface area (Å²) < 4.78 is 30.9. The van der Waals surface area contributed by atoms with Crippen LogP contribution in [-0.2, 0) is 21.2 Å². The summed E-state index contributed by atoms with van der Waals surface area (Å²) in [5.74, 6) is 0.937. The van der Waals surface area contributed by atoms with Crippen molar-refractivity contribution in [2.24, 2.45) is 0 Å². The summed E-state index contributed by atoms with van der Waals surface area (Å²) in [5.41, 5.74) is 4.50. The van der Waals surface area contributed by atoms with Crippen molar-refractivity contribution in [3.63, 3.8) is 0 Å². The van der Waals surface area contributed by atoms with Gasteiger partial charge in [0.05, 0.1) is 4.90 Å². The molecule has 1 N–H and O–H groups in total. The molecule has 0 aliphatic carbocycles. The summed E-state index contributed by atoms with van der Waals surface area (Å²) in [6, 6.07) is 18.3. The third-order valence-corrected chi connectivity index (χ3v) is 8.01. The fourth-order valence-corrected chi connectivity index (χ4v) is 5.31. The van der Waals surface area contributed by atoms with Crippen LogP contribution in [0.4, 0.5) is 16.3 Å². The molecule has 0 saturated carbocycles. The second-order valence-electron chi connectivity index (χ2n) is 9.55. The van der Waals surface area contributed by atoms with E-state index in [-0.39, 0.29) is 23.5 Å². The second kappa shape index (κ2) is 10.9. The van der Waals surface area contributed by atoms with E-state index in [0.29, 0.717) is 13.1 Å². The molecule has 2 aromatic carbocycles. The lowest BCUT2D eigenvalue weighted by atomic mass is 9.75. The van der Waals surface area contributed by atoms with E-state index >= 15 is 0 Å². The van der Waals surface area contributed by atoms with Gasteiger partial charge in [0.1, 0.15) is 12.4 Å². The number of ether oxygens (including phenoxy) is 1. The number of nitrogens with one attached hydrogen (secondary N) is 1. The van der Waals surface area contributed by atoms with Crippen molar-refractivity contribution in [3.8, 4) is 0 Å². The zero-order chi connectivity index (χ0) is 26.7. The fourth-order valence-electron chi connectivity index (χ4n) is 4.68. The average Bonchev–Trinajstić information content (AvgIpc) is 3.36. The second-order valence-corrected chi connectivity index (χ2v) is 11.6. The van der Waals surface area contributed by atoms with Gasteiger partial charge in [-0.05, 0) is 48.1 Å². The summed E-state index contributed by atoms with van der Waals surface area (Å²) in [4.78, 5) is 19.6. The van der Waals surface area contributed by atoms with E-state index < -0.39 is 9.84 Å². The van der Waals surface area contributed by atoms with Crippen molar-refractivity contribution >= 4 is 45.8 Å². The highest BCUT2D eigenvalue weighted by Crippen LogP contribution is 2.30. The number of aromatic nitrogens is 3. The minimum Gasteiger partial charge on any atom is -0.445 e. The molecule has 11 heteroatoms. The van der Waals surface area contributed by atoms with Crippen molar-refractivity contribution in [2.45, 2.75) is 37.1 Å². The van der Waals surface area contributed by atoms with Crippen LogP contribution in [0.25, 0.3) is 5.65 Å². The quantitative estimate of drug-likeness (QED) is 0.364. The third kappa shape index (κ3) is 5.67. The van der Waals surface area contributed by atoms with Crippen LogP contribution in [0.1, 0.15) is 30.0 Å². The van der Waals surface area contributed by atoms with E-state index in [2.05, 4.69) is 17.2 Å².